The Morgan fingerprint density at radius 2 is 1.64 bits per heavy atom. The number of para-hydroxylation sites is 1. The van der Waals surface area contributed by atoms with Crippen LogP contribution in [0.25, 0.3) is 0 Å². The van der Waals surface area contributed by atoms with Crippen molar-refractivity contribution < 1.29 is 13.2 Å². The number of hydrogen-bond acceptors (Lipinski definition) is 3. The van der Waals surface area contributed by atoms with Gasteiger partial charge in [-0.3, -0.25) is 9.52 Å². The Hall–Kier alpha value is -3.12. The van der Waals surface area contributed by atoms with Crippen LogP contribution in [0.1, 0.15) is 28.4 Å². The highest BCUT2D eigenvalue weighted by Gasteiger charge is 2.16. The summed E-state index contributed by atoms with van der Waals surface area (Å²) in [6, 6.07) is 20.6. The Balaban J connectivity index is 1.76. The molecule has 0 aliphatic carbocycles. The molecule has 0 radical (unpaired) electrons. The maximum absolute atomic E-state index is 12.6. The molecule has 28 heavy (non-hydrogen) atoms. The summed E-state index contributed by atoms with van der Waals surface area (Å²) in [4.78, 5) is 12.6. The Bertz CT molecular complexity index is 1090. The molecule has 6 heteroatoms. The van der Waals surface area contributed by atoms with Crippen LogP contribution in [0.15, 0.2) is 77.7 Å². The molecule has 0 spiro atoms. The fourth-order valence-corrected chi connectivity index (χ4v) is 3.90. The van der Waals surface area contributed by atoms with Gasteiger partial charge >= 0.3 is 0 Å². The van der Waals surface area contributed by atoms with Crippen LogP contribution < -0.4 is 10.0 Å². The van der Waals surface area contributed by atoms with Gasteiger partial charge in [-0.15, -0.1) is 0 Å². The van der Waals surface area contributed by atoms with Crippen molar-refractivity contribution in [2.24, 2.45) is 0 Å². The van der Waals surface area contributed by atoms with Crippen LogP contribution in [-0.4, -0.2) is 14.3 Å². The van der Waals surface area contributed by atoms with Crippen molar-refractivity contribution in [3.63, 3.8) is 0 Å². The molecule has 0 saturated carbocycles. The predicted molar refractivity (Wildman–Crippen MR) is 112 cm³/mol. The van der Waals surface area contributed by atoms with Crippen LogP contribution in [0.4, 0.5) is 11.4 Å². The van der Waals surface area contributed by atoms with Crippen molar-refractivity contribution in [2.45, 2.75) is 25.2 Å². The Labute approximate surface area is 165 Å². The minimum Gasteiger partial charge on any atom is -0.322 e. The summed E-state index contributed by atoms with van der Waals surface area (Å²) in [5, 5.41) is 2.88. The second-order valence-electron chi connectivity index (χ2n) is 6.46. The standard InChI is InChI=1S/C22H22N2O3S/c1-3-17-8-4-5-10-21(17)23-22(25)18-11-13-20(14-12-18)28(26,27)24-19-9-6-7-16(2)15-19/h4-15,24H,3H2,1-2H3,(H,23,25). The first-order valence-electron chi connectivity index (χ1n) is 8.98. The number of sulfonamides is 1. The Kier molecular flexibility index (Phi) is 5.80. The fraction of sp³-hybridized carbons (Fsp3) is 0.136. The summed E-state index contributed by atoms with van der Waals surface area (Å²) >= 11 is 0. The van der Waals surface area contributed by atoms with E-state index in [9.17, 15) is 13.2 Å². The van der Waals surface area contributed by atoms with Gasteiger partial charge in [0.05, 0.1) is 4.90 Å². The summed E-state index contributed by atoms with van der Waals surface area (Å²) in [7, 11) is -3.72. The zero-order valence-electron chi connectivity index (χ0n) is 15.8. The maximum atomic E-state index is 12.6. The van der Waals surface area contributed by atoms with Gasteiger partial charge in [0.2, 0.25) is 0 Å². The van der Waals surface area contributed by atoms with Gasteiger partial charge in [-0.2, -0.15) is 0 Å². The Morgan fingerprint density at radius 1 is 0.929 bits per heavy atom. The van der Waals surface area contributed by atoms with Gasteiger partial charge in [-0.25, -0.2) is 8.42 Å². The molecular formula is C22H22N2O3S. The number of rotatable bonds is 6. The van der Waals surface area contributed by atoms with Crippen LogP contribution >= 0.6 is 0 Å². The summed E-state index contributed by atoms with van der Waals surface area (Å²) < 4.78 is 27.7. The first kappa shape index (κ1) is 19.6. The number of aryl methyl sites for hydroxylation is 2. The molecule has 0 aromatic heterocycles. The van der Waals surface area contributed by atoms with Crippen LogP contribution in [0.3, 0.4) is 0 Å². The molecule has 0 aliphatic heterocycles. The molecule has 0 atom stereocenters. The monoisotopic (exact) mass is 394 g/mol. The molecule has 0 heterocycles. The second-order valence-corrected chi connectivity index (χ2v) is 8.15. The molecule has 0 saturated heterocycles. The van der Waals surface area contributed by atoms with Crippen molar-refractivity contribution in [2.75, 3.05) is 10.0 Å². The van der Waals surface area contributed by atoms with E-state index in [1.165, 1.54) is 24.3 Å². The normalized spacial score (nSPS) is 11.1. The lowest BCUT2D eigenvalue weighted by molar-refractivity contribution is 0.102. The molecule has 2 N–H and O–H groups in total. The largest absolute Gasteiger partial charge is 0.322 e. The predicted octanol–water partition coefficient (Wildman–Crippen LogP) is 4.61. The van der Waals surface area contributed by atoms with Crippen molar-refractivity contribution >= 4 is 27.3 Å². The number of benzene rings is 3. The first-order valence-corrected chi connectivity index (χ1v) is 10.5. The molecule has 0 fully saturated rings. The molecule has 3 aromatic carbocycles. The lowest BCUT2D eigenvalue weighted by Crippen LogP contribution is -2.15. The van der Waals surface area contributed by atoms with E-state index in [1.54, 1.807) is 18.2 Å². The van der Waals surface area contributed by atoms with E-state index in [0.29, 0.717) is 11.3 Å². The number of carbonyl (C=O) groups is 1. The minimum atomic E-state index is -3.72. The van der Waals surface area contributed by atoms with Crippen LogP contribution in [-0.2, 0) is 16.4 Å². The van der Waals surface area contributed by atoms with Crippen LogP contribution in [0, 0.1) is 6.92 Å². The summed E-state index contributed by atoms with van der Waals surface area (Å²) in [6.07, 6.45) is 0.804. The van der Waals surface area contributed by atoms with Gasteiger partial charge in [0.1, 0.15) is 0 Å². The molecule has 0 unspecified atom stereocenters. The van der Waals surface area contributed by atoms with Gasteiger partial charge in [0, 0.05) is 16.9 Å². The topological polar surface area (TPSA) is 75.3 Å². The van der Waals surface area contributed by atoms with Gasteiger partial charge in [0.15, 0.2) is 0 Å². The lowest BCUT2D eigenvalue weighted by Gasteiger charge is -2.11. The van der Waals surface area contributed by atoms with Gasteiger partial charge in [-0.1, -0.05) is 37.3 Å². The lowest BCUT2D eigenvalue weighted by atomic mass is 10.1. The zero-order valence-corrected chi connectivity index (χ0v) is 16.6. The van der Waals surface area contributed by atoms with Crippen molar-refractivity contribution in [3.8, 4) is 0 Å². The Morgan fingerprint density at radius 3 is 2.32 bits per heavy atom. The van der Waals surface area contributed by atoms with E-state index in [4.69, 9.17) is 0 Å². The smallest absolute Gasteiger partial charge is 0.261 e. The number of anilines is 2. The zero-order chi connectivity index (χ0) is 20.1. The van der Waals surface area contributed by atoms with E-state index in [2.05, 4.69) is 10.0 Å². The average molecular weight is 394 g/mol. The van der Waals surface area contributed by atoms with Crippen LogP contribution in [0.5, 0.6) is 0 Å². The van der Waals surface area contributed by atoms with Crippen molar-refractivity contribution in [3.05, 3.63) is 89.5 Å². The third-order valence-electron chi connectivity index (χ3n) is 4.34. The summed E-state index contributed by atoms with van der Waals surface area (Å²) in [5.41, 5.74) is 3.64. The maximum Gasteiger partial charge on any atom is 0.261 e. The number of amides is 1. The third-order valence-corrected chi connectivity index (χ3v) is 5.74. The number of carbonyl (C=O) groups excluding carboxylic acids is 1. The highest BCUT2D eigenvalue weighted by atomic mass is 32.2. The molecule has 144 valence electrons. The average Bonchev–Trinajstić information content (AvgIpc) is 2.68. The number of nitrogens with one attached hydrogen (secondary N) is 2. The molecule has 5 nitrogen and oxygen atoms in total. The van der Waals surface area contributed by atoms with E-state index >= 15 is 0 Å². The van der Waals surface area contributed by atoms with E-state index in [1.807, 2.05) is 44.2 Å². The summed E-state index contributed by atoms with van der Waals surface area (Å²) in [5.74, 6) is -0.281. The molecule has 3 aromatic rings. The molecule has 3 rings (SSSR count). The molecular weight excluding hydrogens is 372 g/mol. The van der Waals surface area contributed by atoms with E-state index in [0.717, 1.165) is 23.2 Å². The SMILES string of the molecule is CCc1ccccc1NC(=O)c1ccc(S(=O)(=O)Nc2cccc(C)c2)cc1. The molecule has 0 aliphatic rings. The van der Waals surface area contributed by atoms with Crippen molar-refractivity contribution in [1.29, 1.82) is 0 Å². The second kappa shape index (κ2) is 8.27. The highest BCUT2D eigenvalue weighted by Crippen LogP contribution is 2.19. The minimum absolute atomic E-state index is 0.0968. The van der Waals surface area contributed by atoms with Gasteiger partial charge in [0.25, 0.3) is 15.9 Å². The summed E-state index contributed by atoms with van der Waals surface area (Å²) in [6.45, 7) is 3.91. The van der Waals surface area contributed by atoms with Gasteiger partial charge < -0.3 is 5.32 Å². The van der Waals surface area contributed by atoms with Gasteiger partial charge in [-0.05, 0) is 66.9 Å². The van der Waals surface area contributed by atoms with E-state index in [-0.39, 0.29) is 10.8 Å². The fourth-order valence-electron chi connectivity index (χ4n) is 2.85. The third kappa shape index (κ3) is 4.58. The first-order chi connectivity index (χ1) is 13.4. The highest BCUT2D eigenvalue weighted by molar-refractivity contribution is 7.92. The molecule has 1 amide bonds. The van der Waals surface area contributed by atoms with Crippen LogP contribution in [0.2, 0.25) is 0 Å². The molecule has 0 bridgehead atoms. The van der Waals surface area contributed by atoms with Crippen molar-refractivity contribution in [1.82, 2.24) is 0 Å². The quantitative estimate of drug-likeness (QED) is 0.641. The number of hydrogen-bond donors (Lipinski definition) is 2. The van der Waals surface area contributed by atoms with E-state index < -0.39 is 10.0 Å².